The van der Waals surface area contributed by atoms with Crippen LogP contribution in [0.3, 0.4) is 0 Å². The van der Waals surface area contributed by atoms with E-state index in [4.69, 9.17) is 11.5 Å². The molecule has 0 aliphatic carbocycles. The van der Waals surface area contributed by atoms with Crippen LogP contribution in [0.25, 0.3) is 23.3 Å². The molecule has 176 valence electrons. The Bertz CT molecular complexity index is 946. The third-order valence-electron chi connectivity index (χ3n) is 4.74. The molecule has 7 N–H and O–H groups in total. The van der Waals surface area contributed by atoms with E-state index < -0.39 is 6.04 Å². The van der Waals surface area contributed by atoms with Crippen molar-refractivity contribution in [1.82, 2.24) is 0 Å². The summed E-state index contributed by atoms with van der Waals surface area (Å²) in [5.41, 5.74) is 14.5. The van der Waals surface area contributed by atoms with Gasteiger partial charge in [-0.15, -0.1) is 24.8 Å². The number of carbonyl (C=O) groups excluding carboxylic acids is 1. The molecule has 32 heavy (non-hydrogen) atoms. The van der Waals surface area contributed by atoms with Crippen LogP contribution in [-0.2, 0) is 4.79 Å². The Kier molecular flexibility index (Phi) is 13.4. The Balaban J connectivity index is 0.00000480. The summed E-state index contributed by atoms with van der Waals surface area (Å²) in [7, 11) is 0. The number of hydrogen-bond acceptors (Lipinski definition) is 5. The van der Waals surface area contributed by atoms with E-state index in [2.05, 4.69) is 5.32 Å². The maximum Gasteiger partial charge on any atom is 0.241 e. The highest BCUT2D eigenvalue weighted by molar-refractivity contribution is 5.98. The van der Waals surface area contributed by atoms with Gasteiger partial charge >= 0.3 is 0 Å². The summed E-state index contributed by atoms with van der Waals surface area (Å²) in [5, 5.41) is 23.7. The predicted octanol–water partition coefficient (Wildman–Crippen LogP) is 5.07. The number of unbranched alkanes of at least 4 members (excludes halogenated alkanes) is 1. The van der Waals surface area contributed by atoms with Crippen LogP contribution in [0.2, 0.25) is 0 Å². The number of allylic oxidation sites excluding steroid dienone is 2. The number of benzene rings is 2. The van der Waals surface area contributed by atoms with E-state index in [0.29, 0.717) is 35.3 Å². The summed E-state index contributed by atoms with van der Waals surface area (Å²) in [6.45, 7) is 4.31. The first-order valence-electron chi connectivity index (χ1n) is 10.1. The number of rotatable bonds is 9. The Morgan fingerprint density at radius 1 is 1.06 bits per heavy atom. The monoisotopic (exact) mass is 481 g/mol. The van der Waals surface area contributed by atoms with Crippen molar-refractivity contribution in [3.8, 4) is 22.6 Å². The largest absolute Gasteiger partial charge is 0.507 e. The summed E-state index contributed by atoms with van der Waals surface area (Å²) in [6.07, 6.45) is 9.47. The summed E-state index contributed by atoms with van der Waals surface area (Å²) in [6, 6.07) is 7.95. The van der Waals surface area contributed by atoms with Crippen LogP contribution in [0.5, 0.6) is 11.5 Å². The smallest absolute Gasteiger partial charge is 0.241 e. The van der Waals surface area contributed by atoms with E-state index in [1.165, 1.54) is 0 Å². The molecule has 1 atom stereocenters. The van der Waals surface area contributed by atoms with Crippen molar-refractivity contribution >= 4 is 48.6 Å². The standard InChI is InChI=1S/C24H31N3O3.2ClH/c1-3-7-16-13-19(17-10-11-22(28)18(15-17)8-4-2)23(29)21(14-16)27-24(30)20(26)9-5-6-12-25;;/h3-4,7-8,10-11,13-15,20,28-29H,5-6,9,12,25-26H2,1-2H3,(H,27,30);2*1H/t20-;;/m0../s1. The van der Waals surface area contributed by atoms with Gasteiger partial charge in [0, 0.05) is 11.1 Å². The molecule has 6 nitrogen and oxygen atoms in total. The molecule has 0 spiro atoms. The summed E-state index contributed by atoms with van der Waals surface area (Å²) < 4.78 is 0. The van der Waals surface area contributed by atoms with Crippen LogP contribution >= 0.6 is 24.8 Å². The van der Waals surface area contributed by atoms with Gasteiger partial charge in [0.25, 0.3) is 0 Å². The summed E-state index contributed by atoms with van der Waals surface area (Å²) in [5.74, 6) is -0.257. The van der Waals surface area contributed by atoms with Crippen molar-refractivity contribution in [2.75, 3.05) is 11.9 Å². The zero-order chi connectivity index (χ0) is 22.1. The molecule has 1 amide bonds. The van der Waals surface area contributed by atoms with Crippen molar-refractivity contribution in [1.29, 1.82) is 0 Å². The number of hydrogen-bond donors (Lipinski definition) is 5. The lowest BCUT2D eigenvalue weighted by Crippen LogP contribution is -2.35. The van der Waals surface area contributed by atoms with Gasteiger partial charge < -0.3 is 27.0 Å². The molecule has 0 saturated carbocycles. The molecule has 0 unspecified atom stereocenters. The van der Waals surface area contributed by atoms with E-state index in [-0.39, 0.29) is 42.2 Å². The van der Waals surface area contributed by atoms with Crippen LogP contribution in [0.4, 0.5) is 5.69 Å². The fraction of sp³-hybridized carbons (Fsp3) is 0.292. The van der Waals surface area contributed by atoms with Crippen LogP contribution in [0.15, 0.2) is 42.5 Å². The number of anilines is 1. The average molecular weight is 482 g/mol. The fourth-order valence-corrected chi connectivity index (χ4v) is 3.16. The van der Waals surface area contributed by atoms with Gasteiger partial charge in [0.2, 0.25) is 5.91 Å². The minimum atomic E-state index is -0.681. The van der Waals surface area contributed by atoms with Gasteiger partial charge in [0.15, 0.2) is 0 Å². The van der Waals surface area contributed by atoms with E-state index in [0.717, 1.165) is 18.4 Å². The Morgan fingerprint density at radius 3 is 2.38 bits per heavy atom. The van der Waals surface area contributed by atoms with E-state index in [1.807, 2.05) is 38.1 Å². The van der Waals surface area contributed by atoms with Crippen molar-refractivity contribution in [3.63, 3.8) is 0 Å². The van der Waals surface area contributed by atoms with E-state index in [9.17, 15) is 15.0 Å². The number of phenolic OH excluding ortho intramolecular Hbond substituents is 2. The first-order chi connectivity index (χ1) is 14.4. The molecule has 0 heterocycles. The van der Waals surface area contributed by atoms with Crippen molar-refractivity contribution < 1.29 is 15.0 Å². The number of amides is 1. The Morgan fingerprint density at radius 2 is 1.75 bits per heavy atom. The van der Waals surface area contributed by atoms with Crippen molar-refractivity contribution in [2.24, 2.45) is 11.5 Å². The van der Waals surface area contributed by atoms with Gasteiger partial charge in [-0.25, -0.2) is 0 Å². The molecule has 8 heteroatoms. The van der Waals surface area contributed by atoms with Gasteiger partial charge in [0.05, 0.1) is 11.7 Å². The Hall–Kier alpha value is -2.51. The lowest BCUT2D eigenvalue weighted by atomic mass is 9.97. The van der Waals surface area contributed by atoms with Gasteiger partial charge in [-0.1, -0.05) is 36.8 Å². The number of nitrogens with two attached hydrogens (primary N) is 2. The van der Waals surface area contributed by atoms with Gasteiger partial charge in [0.1, 0.15) is 11.5 Å². The normalized spacial score (nSPS) is 11.8. The fourth-order valence-electron chi connectivity index (χ4n) is 3.16. The number of nitrogens with one attached hydrogen (secondary N) is 1. The average Bonchev–Trinajstić information content (AvgIpc) is 2.72. The highest BCUT2D eigenvalue weighted by Crippen LogP contribution is 2.39. The lowest BCUT2D eigenvalue weighted by Gasteiger charge is -2.16. The minimum absolute atomic E-state index is 0. The number of carbonyl (C=O) groups is 1. The Labute approximate surface area is 202 Å². The zero-order valence-corrected chi connectivity index (χ0v) is 20.0. The van der Waals surface area contributed by atoms with Crippen LogP contribution in [-0.4, -0.2) is 28.7 Å². The lowest BCUT2D eigenvalue weighted by molar-refractivity contribution is -0.117. The highest BCUT2D eigenvalue weighted by Gasteiger charge is 2.18. The molecule has 0 radical (unpaired) electrons. The molecule has 0 aliphatic rings. The number of phenols is 2. The SMILES string of the molecule is CC=Cc1cc(NC(=O)[C@@H](N)CCCCN)c(O)c(-c2ccc(O)c(C=CC)c2)c1.Cl.Cl. The zero-order valence-electron chi connectivity index (χ0n) is 18.4. The molecule has 2 rings (SSSR count). The third-order valence-corrected chi connectivity index (χ3v) is 4.74. The summed E-state index contributed by atoms with van der Waals surface area (Å²) in [4.78, 5) is 12.5. The van der Waals surface area contributed by atoms with Gasteiger partial charge in [-0.2, -0.15) is 0 Å². The van der Waals surface area contributed by atoms with E-state index >= 15 is 0 Å². The molecule has 0 saturated heterocycles. The maximum absolute atomic E-state index is 12.5. The van der Waals surface area contributed by atoms with Crippen LogP contribution in [0, 0.1) is 0 Å². The third kappa shape index (κ3) is 7.88. The van der Waals surface area contributed by atoms with Gasteiger partial charge in [-0.3, -0.25) is 4.79 Å². The van der Waals surface area contributed by atoms with E-state index in [1.54, 1.807) is 30.3 Å². The molecule has 0 aromatic heterocycles. The topological polar surface area (TPSA) is 122 Å². The molecular formula is C24H33Cl2N3O3. The molecule has 0 fully saturated rings. The van der Waals surface area contributed by atoms with Gasteiger partial charge in [-0.05, 0) is 68.6 Å². The second kappa shape index (κ2) is 14.5. The van der Waals surface area contributed by atoms with Crippen molar-refractivity contribution in [3.05, 3.63) is 53.6 Å². The molecule has 0 aliphatic heterocycles. The predicted molar refractivity (Wildman–Crippen MR) is 139 cm³/mol. The molecular weight excluding hydrogens is 449 g/mol. The van der Waals surface area contributed by atoms with Crippen molar-refractivity contribution in [2.45, 2.75) is 39.2 Å². The second-order valence-electron chi connectivity index (χ2n) is 7.12. The minimum Gasteiger partial charge on any atom is -0.507 e. The first-order valence-corrected chi connectivity index (χ1v) is 10.1. The maximum atomic E-state index is 12.5. The molecule has 2 aromatic carbocycles. The van der Waals surface area contributed by atoms with Crippen LogP contribution in [0.1, 0.15) is 44.2 Å². The number of halogens is 2. The summed E-state index contributed by atoms with van der Waals surface area (Å²) >= 11 is 0. The first kappa shape index (κ1) is 29.5. The molecule has 2 aromatic rings. The quantitative estimate of drug-likeness (QED) is 0.252. The molecule has 0 bridgehead atoms. The second-order valence-corrected chi connectivity index (χ2v) is 7.12. The highest BCUT2D eigenvalue weighted by atomic mass is 35.5. The van der Waals surface area contributed by atoms with Crippen LogP contribution < -0.4 is 16.8 Å². The number of aromatic hydroxyl groups is 2.